The van der Waals surface area contributed by atoms with Gasteiger partial charge in [0.25, 0.3) is 0 Å². The molecule has 0 saturated carbocycles. The van der Waals surface area contributed by atoms with Crippen molar-refractivity contribution in [2.45, 2.75) is 6.54 Å². The molecule has 2 aromatic rings. The molecule has 2 fully saturated rings. The molecular weight excluding hydrogens is 378 g/mol. The summed E-state index contributed by atoms with van der Waals surface area (Å²) in [5.74, 6) is 1.95. The zero-order valence-electron chi connectivity index (χ0n) is 16.0. The van der Waals surface area contributed by atoms with Crippen LogP contribution in [0.2, 0.25) is 5.02 Å². The number of amides is 1. The molecule has 2 aliphatic rings. The van der Waals surface area contributed by atoms with Gasteiger partial charge < -0.3 is 14.1 Å². The molecule has 150 valence electrons. The second-order valence-electron chi connectivity index (χ2n) is 7.29. The van der Waals surface area contributed by atoms with E-state index in [0.717, 1.165) is 49.8 Å². The van der Waals surface area contributed by atoms with E-state index < -0.39 is 0 Å². The minimum Gasteiger partial charge on any atom is -0.460 e. The molecule has 0 aliphatic carbocycles. The maximum Gasteiger partial charge on any atom is 0.236 e. The normalized spacial score (nSPS) is 19.1. The van der Waals surface area contributed by atoms with Crippen LogP contribution in [0.15, 0.2) is 40.8 Å². The van der Waals surface area contributed by atoms with E-state index in [1.54, 1.807) is 0 Å². The van der Waals surface area contributed by atoms with Gasteiger partial charge in [-0.25, -0.2) is 0 Å². The van der Waals surface area contributed by atoms with Gasteiger partial charge in [0.15, 0.2) is 0 Å². The summed E-state index contributed by atoms with van der Waals surface area (Å²) in [6, 6.07) is 11.7. The largest absolute Gasteiger partial charge is 0.460 e. The first-order valence-corrected chi connectivity index (χ1v) is 10.2. The van der Waals surface area contributed by atoms with Crippen LogP contribution in [-0.2, 0) is 16.1 Å². The third kappa shape index (κ3) is 4.75. The maximum absolute atomic E-state index is 12.4. The Hall–Kier alpha value is -1.86. The van der Waals surface area contributed by atoms with Crippen molar-refractivity contribution in [2.75, 3.05) is 59.0 Å². The van der Waals surface area contributed by atoms with Gasteiger partial charge in [0, 0.05) is 44.8 Å². The number of piperazine rings is 1. The number of hydrogen-bond donors (Lipinski definition) is 0. The second-order valence-corrected chi connectivity index (χ2v) is 7.70. The number of nitrogens with zero attached hydrogens (tertiary/aromatic N) is 3. The van der Waals surface area contributed by atoms with Crippen LogP contribution in [0.5, 0.6) is 0 Å². The lowest BCUT2D eigenvalue weighted by molar-refractivity contribution is -0.136. The van der Waals surface area contributed by atoms with Crippen molar-refractivity contribution in [1.82, 2.24) is 14.7 Å². The van der Waals surface area contributed by atoms with Crippen molar-refractivity contribution in [2.24, 2.45) is 0 Å². The monoisotopic (exact) mass is 403 g/mol. The molecule has 0 unspecified atom stereocenters. The summed E-state index contributed by atoms with van der Waals surface area (Å²) in [6.45, 7) is 7.66. The predicted molar refractivity (Wildman–Crippen MR) is 108 cm³/mol. The Labute approximate surface area is 170 Å². The van der Waals surface area contributed by atoms with Crippen LogP contribution in [0.3, 0.4) is 0 Å². The number of halogens is 1. The van der Waals surface area contributed by atoms with Gasteiger partial charge in [0.2, 0.25) is 5.91 Å². The molecule has 3 heterocycles. The quantitative estimate of drug-likeness (QED) is 0.768. The van der Waals surface area contributed by atoms with Gasteiger partial charge >= 0.3 is 0 Å². The molecule has 2 saturated heterocycles. The summed E-state index contributed by atoms with van der Waals surface area (Å²) in [6.07, 6.45) is 0. The van der Waals surface area contributed by atoms with Crippen molar-refractivity contribution >= 4 is 17.5 Å². The van der Waals surface area contributed by atoms with Crippen LogP contribution in [0.1, 0.15) is 5.76 Å². The number of hydrogen-bond acceptors (Lipinski definition) is 5. The van der Waals surface area contributed by atoms with E-state index in [1.165, 1.54) is 0 Å². The van der Waals surface area contributed by atoms with E-state index in [9.17, 15) is 4.79 Å². The van der Waals surface area contributed by atoms with Crippen LogP contribution in [0.4, 0.5) is 0 Å². The van der Waals surface area contributed by atoms with E-state index in [-0.39, 0.29) is 5.91 Å². The standard InChI is InChI=1S/C21H26ClN3O3/c22-19-4-2-1-3-18(19)20-6-5-17(28-20)15-23-7-9-24(10-8-23)16-21(26)25-11-13-27-14-12-25/h1-6H,7-16H2. The Bertz CT molecular complexity index is 796. The topological polar surface area (TPSA) is 49.2 Å². The van der Waals surface area contributed by atoms with Gasteiger partial charge in [-0.1, -0.05) is 23.7 Å². The van der Waals surface area contributed by atoms with Crippen LogP contribution in [-0.4, -0.2) is 79.6 Å². The fraction of sp³-hybridized carbons (Fsp3) is 0.476. The predicted octanol–water partition coefficient (Wildman–Crippen LogP) is 2.58. The van der Waals surface area contributed by atoms with E-state index in [2.05, 4.69) is 9.80 Å². The number of carbonyl (C=O) groups excluding carboxylic acids is 1. The average molecular weight is 404 g/mol. The van der Waals surface area contributed by atoms with Crippen molar-refractivity contribution in [3.63, 3.8) is 0 Å². The smallest absolute Gasteiger partial charge is 0.236 e. The van der Waals surface area contributed by atoms with Crippen LogP contribution >= 0.6 is 11.6 Å². The van der Waals surface area contributed by atoms with Crippen LogP contribution in [0.25, 0.3) is 11.3 Å². The lowest BCUT2D eigenvalue weighted by Gasteiger charge is -2.35. The van der Waals surface area contributed by atoms with E-state index in [4.69, 9.17) is 20.8 Å². The van der Waals surface area contributed by atoms with E-state index in [0.29, 0.717) is 37.9 Å². The minimum atomic E-state index is 0.215. The number of benzene rings is 1. The highest BCUT2D eigenvalue weighted by molar-refractivity contribution is 6.33. The minimum absolute atomic E-state index is 0.215. The number of rotatable bonds is 5. The lowest BCUT2D eigenvalue weighted by Crippen LogP contribution is -2.51. The Morgan fingerprint density at radius 3 is 2.39 bits per heavy atom. The Morgan fingerprint density at radius 1 is 0.929 bits per heavy atom. The molecule has 28 heavy (non-hydrogen) atoms. The number of ether oxygens (including phenoxy) is 1. The fourth-order valence-corrected chi connectivity index (χ4v) is 3.93. The summed E-state index contributed by atoms with van der Waals surface area (Å²) >= 11 is 6.26. The first-order chi connectivity index (χ1) is 13.7. The molecule has 7 heteroatoms. The molecule has 1 aromatic heterocycles. The van der Waals surface area contributed by atoms with Crippen LogP contribution in [0, 0.1) is 0 Å². The van der Waals surface area contributed by atoms with Crippen molar-refractivity contribution < 1.29 is 13.9 Å². The summed E-state index contributed by atoms with van der Waals surface area (Å²) in [7, 11) is 0. The van der Waals surface area contributed by atoms with Crippen molar-refractivity contribution in [1.29, 1.82) is 0 Å². The number of morpholine rings is 1. The molecule has 2 aliphatic heterocycles. The highest BCUT2D eigenvalue weighted by Crippen LogP contribution is 2.29. The van der Waals surface area contributed by atoms with Crippen molar-refractivity contribution in [3.8, 4) is 11.3 Å². The lowest BCUT2D eigenvalue weighted by atomic mass is 10.2. The first-order valence-electron chi connectivity index (χ1n) is 9.83. The highest BCUT2D eigenvalue weighted by Gasteiger charge is 2.23. The summed E-state index contributed by atoms with van der Waals surface area (Å²) in [5, 5.41) is 0.696. The fourth-order valence-electron chi connectivity index (χ4n) is 3.70. The van der Waals surface area contributed by atoms with Gasteiger partial charge in [-0.15, -0.1) is 0 Å². The molecule has 1 amide bonds. The highest BCUT2D eigenvalue weighted by atomic mass is 35.5. The molecule has 4 rings (SSSR count). The SMILES string of the molecule is O=C(CN1CCN(Cc2ccc(-c3ccccc3Cl)o2)CC1)N1CCOCC1. The summed E-state index contributed by atoms with van der Waals surface area (Å²) < 4.78 is 11.3. The van der Waals surface area contributed by atoms with Crippen LogP contribution < -0.4 is 0 Å². The van der Waals surface area contributed by atoms with Gasteiger partial charge in [-0.05, 0) is 24.3 Å². The van der Waals surface area contributed by atoms with E-state index >= 15 is 0 Å². The Balaban J connectivity index is 1.26. The van der Waals surface area contributed by atoms with Gasteiger partial charge in [0.05, 0.1) is 31.3 Å². The van der Waals surface area contributed by atoms with Crippen molar-refractivity contribution in [3.05, 3.63) is 47.2 Å². The molecule has 0 spiro atoms. The maximum atomic E-state index is 12.4. The van der Waals surface area contributed by atoms with Gasteiger partial charge in [-0.3, -0.25) is 14.6 Å². The summed E-state index contributed by atoms with van der Waals surface area (Å²) in [5.41, 5.74) is 0.918. The average Bonchev–Trinajstić information content (AvgIpc) is 3.18. The zero-order chi connectivity index (χ0) is 19.3. The van der Waals surface area contributed by atoms with Gasteiger partial charge in [-0.2, -0.15) is 0 Å². The molecule has 1 aromatic carbocycles. The van der Waals surface area contributed by atoms with E-state index in [1.807, 2.05) is 41.3 Å². The Morgan fingerprint density at radius 2 is 1.64 bits per heavy atom. The third-order valence-electron chi connectivity index (χ3n) is 5.37. The first kappa shape index (κ1) is 19.5. The molecule has 0 radical (unpaired) electrons. The molecule has 0 N–H and O–H groups in total. The third-order valence-corrected chi connectivity index (χ3v) is 5.70. The molecular formula is C21H26ClN3O3. The zero-order valence-corrected chi connectivity index (χ0v) is 16.7. The molecule has 0 atom stereocenters. The summed E-state index contributed by atoms with van der Waals surface area (Å²) in [4.78, 5) is 18.9. The van der Waals surface area contributed by atoms with Gasteiger partial charge in [0.1, 0.15) is 11.5 Å². The molecule has 6 nitrogen and oxygen atoms in total. The number of furan rings is 1. The molecule has 0 bridgehead atoms. The second kappa shape index (κ2) is 9.09. The Kier molecular flexibility index (Phi) is 6.32. The number of carbonyl (C=O) groups is 1.